The molecule has 0 amide bonds. The molecule has 0 aliphatic heterocycles. The number of benzene rings is 10. The second kappa shape index (κ2) is 17.1. The lowest BCUT2D eigenvalue weighted by Gasteiger charge is -2.26. The van der Waals surface area contributed by atoms with Gasteiger partial charge in [0, 0.05) is 28.3 Å². The molecule has 1 aromatic heterocycles. The van der Waals surface area contributed by atoms with Crippen molar-refractivity contribution in [2.24, 2.45) is 0 Å². The fourth-order valence-corrected chi connectivity index (χ4v) is 8.72. The van der Waals surface area contributed by atoms with Crippen LogP contribution in [-0.4, -0.2) is 9.55 Å². The van der Waals surface area contributed by atoms with Crippen molar-refractivity contribution < 1.29 is 0 Å². The topological polar surface area (TPSA) is 21.1 Å². The molecule has 0 N–H and O–H groups in total. The van der Waals surface area contributed by atoms with E-state index in [9.17, 15) is 0 Å². The van der Waals surface area contributed by atoms with E-state index in [1.54, 1.807) is 0 Å². The Morgan fingerprint density at radius 3 is 1.06 bits per heavy atom. The normalized spacial score (nSPS) is 11.1. The van der Waals surface area contributed by atoms with Gasteiger partial charge >= 0.3 is 0 Å². The highest BCUT2D eigenvalue weighted by Crippen LogP contribution is 2.39. The minimum Gasteiger partial charge on any atom is -0.311 e. The molecule has 0 unspecified atom stereocenters. The second-order valence-corrected chi connectivity index (χ2v) is 16.0. The number of aromatic nitrogens is 2. The molecule has 11 rings (SSSR count). The average Bonchev–Trinajstić information content (AvgIpc) is 3.77. The highest BCUT2D eigenvalue weighted by atomic mass is 15.1. The third-order valence-corrected chi connectivity index (χ3v) is 12.0. The van der Waals surface area contributed by atoms with Crippen LogP contribution in [0.3, 0.4) is 0 Å². The minimum absolute atomic E-state index is 0.929. The van der Waals surface area contributed by atoms with Gasteiger partial charge in [-0.05, 0) is 122 Å². The lowest BCUT2D eigenvalue weighted by Crippen LogP contribution is -2.09. The predicted molar refractivity (Wildman–Crippen MR) is 268 cm³/mol. The van der Waals surface area contributed by atoms with Gasteiger partial charge in [-0.15, -0.1) is 0 Å². The summed E-state index contributed by atoms with van der Waals surface area (Å²) in [5.74, 6) is 0.929. The number of rotatable bonds is 10. The number of fused-ring (bicyclic) bond motifs is 1. The molecule has 10 aromatic carbocycles. The van der Waals surface area contributed by atoms with Crippen molar-refractivity contribution in [3.05, 3.63) is 261 Å². The van der Waals surface area contributed by atoms with Crippen LogP contribution in [-0.2, 0) is 0 Å². The smallest absolute Gasteiger partial charge is 0.145 e. The molecule has 302 valence electrons. The van der Waals surface area contributed by atoms with Gasteiger partial charge in [0.05, 0.1) is 11.0 Å². The molecule has 0 saturated heterocycles. The maximum absolute atomic E-state index is 5.13. The molecule has 0 spiro atoms. The lowest BCUT2D eigenvalue weighted by molar-refractivity contribution is 1.10. The van der Waals surface area contributed by atoms with Crippen LogP contribution in [0.1, 0.15) is 0 Å². The number of hydrogen-bond acceptors (Lipinski definition) is 2. The zero-order valence-electron chi connectivity index (χ0n) is 35.2. The Bertz CT molecular complexity index is 3300. The molecule has 0 fully saturated rings. The van der Waals surface area contributed by atoms with Crippen LogP contribution in [0.4, 0.5) is 17.1 Å². The summed E-state index contributed by atoms with van der Waals surface area (Å²) in [4.78, 5) is 7.47. The largest absolute Gasteiger partial charge is 0.311 e. The van der Waals surface area contributed by atoms with Crippen molar-refractivity contribution in [3.8, 4) is 72.7 Å². The van der Waals surface area contributed by atoms with Crippen molar-refractivity contribution in [1.29, 1.82) is 0 Å². The van der Waals surface area contributed by atoms with Crippen molar-refractivity contribution >= 4 is 28.1 Å². The highest BCUT2D eigenvalue weighted by molar-refractivity contribution is 5.89. The monoisotopic (exact) mass is 817 g/mol. The number of nitrogens with zero attached hydrogens (tertiary/aromatic N) is 3. The van der Waals surface area contributed by atoms with Crippen molar-refractivity contribution in [2.75, 3.05) is 4.90 Å². The molecule has 64 heavy (non-hydrogen) atoms. The molecule has 0 radical (unpaired) electrons. The standard InChI is InChI=1S/C61H43N3/c1-5-14-44(15-6-1)46-24-26-47(27-25-46)49-30-37-57(38-31-49)63(56-35-28-48(29-36-56)45-16-7-2-8-17-45)58-39-32-50(33-40-58)52-20-13-21-53(42-52)54-34-41-59-60(43-54)64(55-22-11-4-12-23-55)61(62-59)51-18-9-3-10-19-51/h1-43H. The number of hydrogen-bond donors (Lipinski definition) is 0. The third kappa shape index (κ3) is 7.68. The molecule has 0 saturated carbocycles. The first-order valence-corrected chi connectivity index (χ1v) is 21.8. The van der Waals surface area contributed by atoms with Gasteiger partial charge in [0.2, 0.25) is 0 Å². The van der Waals surface area contributed by atoms with E-state index < -0.39 is 0 Å². The summed E-state index contributed by atoms with van der Waals surface area (Å²) in [5.41, 5.74) is 19.3. The quantitative estimate of drug-likeness (QED) is 0.137. The van der Waals surface area contributed by atoms with E-state index in [0.717, 1.165) is 67.4 Å². The Balaban J connectivity index is 0.918. The molecule has 0 bridgehead atoms. The summed E-state index contributed by atoms with van der Waals surface area (Å²) < 4.78 is 2.27. The highest BCUT2D eigenvalue weighted by Gasteiger charge is 2.17. The summed E-state index contributed by atoms with van der Waals surface area (Å²) in [6.45, 7) is 0. The number of imidazole rings is 1. The molecule has 0 aliphatic rings. The zero-order chi connectivity index (χ0) is 42.7. The molecular formula is C61H43N3. The number of anilines is 3. The van der Waals surface area contributed by atoms with E-state index in [2.05, 4.69) is 264 Å². The van der Waals surface area contributed by atoms with Crippen LogP contribution < -0.4 is 4.90 Å². The summed E-state index contributed by atoms with van der Waals surface area (Å²) in [6.07, 6.45) is 0. The zero-order valence-corrected chi connectivity index (χ0v) is 35.2. The van der Waals surface area contributed by atoms with Gasteiger partial charge in [0.1, 0.15) is 5.82 Å². The Kier molecular flexibility index (Phi) is 10.3. The molecule has 1 heterocycles. The van der Waals surface area contributed by atoms with Gasteiger partial charge in [-0.2, -0.15) is 0 Å². The fraction of sp³-hybridized carbons (Fsp3) is 0. The van der Waals surface area contributed by atoms with E-state index in [1.807, 2.05) is 6.07 Å². The summed E-state index contributed by atoms with van der Waals surface area (Å²) in [5, 5.41) is 0. The first-order chi connectivity index (χ1) is 31.7. The van der Waals surface area contributed by atoms with E-state index >= 15 is 0 Å². The Labute approximate surface area is 374 Å². The third-order valence-electron chi connectivity index (χ3n) is 12.0. The van der Waals surface area contributed by atoms with Gasteiger partial charge in [-0.3, -0.25) is 4.57 Å². The Morgan fingerprint density at radius 2 is 0.594 bits per heavy atom. The van der Waals surface area contributed by atoms with Gasteiger partial charge < -0.3 is 4.90 Å². The Hall–Kier alpha value is -8.53. The van der Waals surface area contributed by atoms with Gasteiger partial charge in [0.15, 0.2) is 0 Å². The molecule has 3 heteroatoms. The first-order valence-electron chi connectivity index (χ1n) is 21.8. The maximum Gasteiger partial charge on any atom is 0.145 e. The van der Waals surface area contributed by atoms with Crippen LogP contribution in [0.25, 0.3) is 83.7 Å². The van der Waals surface area contributed by atoms with Gasteiger partial charge in [-0.25, -0.2) is 4.98 Å². The van der Waals surface area contributed by atoms with Crippen LogP contribution >= 0.6 is 0 Å². The minimum atomic E-state index is 0.929. The van der Waals surface area contributed by atoms with E-state index in [1.165, 1.54) is 33.4 Å². The van der Waals surface area contributed by atoms with Crippen LogP contribution in [0.5, 0.6) is 0 Å². The number of para-hydroxylation sites is 1. The molecule has 0 atom stereocenters. The molecule has 11 aromatic rings. The SMILES string of the molecule is c1ccc(-c2ccc(-c3ccc(N(c4ccc(-c5ccccc5)cc4)c4ccc(-c5cccc(-c6ccc7nc(-c8ccccc8)n(-c8ccccc8)c7c6)c5)cc4)cc3)cc2)cc1. The van der Waals surface area contributed by atoms with E-state index in [4.69, 9.17) is 4.98 Å². The first kappa shape index (κ1) is 38.4. The van der Waals surface area contributed by atoms with E-state index in [-0.39, 0.29) is 0 Å². The summed E-state index contributed by atoms with van der Waals surface area (Å²) >= 11 is 0. The second-order valence-electron chi connectivity index (χ2n) is 16.0. The summed E-state index contributed by atoms with van der Waals surface area (Å²) in [6, 6.07) is 93.1. The molecular weight excluding hydrogens is 775 g/mol. The van der Waals surface area contributed by atoms with Crippen LogP contribution in [0, 0.1) is 0 Å². The Morgan fingerprint density at radius 1 is 0.266 bits per heavy atom. The molecule has 3 nitrogen and oxygen atoms in total. The average molecular weight is 818 g/mol. The molecule has 0 aliphatic carbocycles. The summed E-state index contributed by atoms with van der Waals surface area (Å²) in [7, 11) is 0. The van der Waals surface area contributed by atoms with Crippen LogP contribution in [0.2, 0.25) is 0 Å². The van der Waals surface area contributed by atoms with Gasteiger partial charge in [0.25, 0.3) is 0 Å². The predicted octanol–water partition coefficient (Wildman–Crippen LogP) is 16.5. The van der Waals surface area contributed by atoms with Gasteiger partial charge in [-0.1, -0.05) is 194 Å². The van der Waals surface area contributed by atoms with E-state index in [0.29, 0.717) is 0 Å². The van der Waals surface area contributed by atoms with Crippen molar-refractivity contribution in [2.45, 2.75) is 0 Å². The fourth-order valence-electron chi connectivity index (χ4n) is 8.72. The lowest BCUT2D eigenvalue weighted by atomic mass is 9.98. The maximum atomic E-state index is 5.13. The van der Waals surface area contributed by atoms with Crippen LogP contribution in [0.15, 0.2) is 261 Å². The van der Waals surface area contributed by atoms with Crippen molar-refractivity contribution in [1.82, 2.24) is 9.55 Å². The van der Waals surface area contributed by atoms with Crippen molar-refractivity contribution in [3.63, 3.8) is 0 Å².